The van der Waals surface area contributed by atoms with Crippen LogP contribution in [-0.4, -0.2) is 7.11 Å². The topological polar surface area (TPSA) is 21.3 Å². The molecule has 0 aliphatic heterocycles. The van der Waals surface area contributed by atoms with E-state index >= 15 is 0 Å². The van der Waals surface area contributed by atoms with Gasteiger partial charge >= 0.3 is 0 Å². The van der Waals surface area contributed by atoms with E-state index in [4.69, 9.17) is 4.84 Å². The van der Waals surface area contributed by atoms with Gasteiger partial charge in [-0.3, -0.25) is 0 Å². The average Bonchev–Trinajstić information content (AvgIpc) is 2.10. The first kappa shape index (κ1) is 10.2. The number of hydroxylamine groups is 1. The van der Waals surface area contributed by atoms with Crippen molar-refractivity contribution >= 4 is 0 Å². The summed E-state index contributed by atoms with van der Waals surface area (Å²) in [5, 5.41) is 0. The van der Waals surface area contributed by atoms with Gasteiger partial charge < -0.3 is 4.84 Å². The standard InChI is InChI=1S/C11H17NO/c1-8-5-11(7-12-13-4)6-9(2)10(8)3/h5-6,12H,7H2,1-4H3. The van der Waals surface area contributed by atoms with Crippen LogP contribution in [0.5, 0.6) is 0 Å². The highest BCUT2D eigenvalue weighted by Crippen LogP contribution is 2.15. The van der Waals surface area contributed by atoms with Crippen LogP contribution in [0.15, 0.2) is 12.1 Å². The highest BCUT2D eigenvalue weighted by atomic mass is 16.6. The zero-order valence-electron chi connectivity index (χ0n) is 8.77. The highest BCUT2D eigenvalue weighted by molar-refractivity contribution is 5.36. The number of benzene rings is 1. The third-order valence-corrected chi connectivity index (χ3v) is 2.41. The van der Waals surface area contributed by atoms with Crippen molar-refractivity contribution < 1.29 is 4.84 Å². The minimum Gasteiger partial charge on any atom is -0.305 e. The van der Waals surface area contributed by atoms with Gasteiger partial charge in [0.25, 0.3) is 0 Å². The molecular weight excluding hydrogens is 162 g/mol. The summed E-state index contributed by atoms with van der Waals surface area (Å²) in [5.74, 6) is 0. The lowest BCUT2D eigenvalue weighted by Gasteiger charge is -2.08. The van der Waals surface area contributed by atoms with Gasteiger partial charge in [-0.25, -0.2) is 0 Å². The molecule has 0 heterocycles. The van der Waals surface area contributed by atoms with E-state index < -0.39 is 0 Å². The Hall–Kier alpha value is -0.860. The van der Waals surface area contributed by atoms with Crippen LogP contribution in [0.3, 0.4) is 0 Å². The monoisotopic (exact) mass is 179 g/mol. The number of hydrogen-bond donors (Lipinski definition) is 1. The molecule has 0 saturated heterocycles. The Balaban J connectivity index is 2.86. The van der Waals surface area contributed by atoms with Gasteiger partial charge in [-0.1, -0.05) is 12.1 Å². The van der Waals surface area contributed by atoms with E-state index in [0.29, 0.717) is 0 Å². The lowest BCUT2D eigenvalue weighted by Crippen LogP contribution is -2.11. The van der Waals surface area contributed by atoms with Crippen LogP contribution in [0.25, 0.3) is 0 Å². The van der Waals surface area contributed by atoms with Crippen molar-refractivity contribution in [2.75, 3.05) is 7.11 Å². The summed E-state index contributed by atoms with van der Waals surface area (Å²) in [6, 6.07) is 4.38. The summed E-state index contributed by atoms with van der Waals surface area (Å²) in [5.41, 5.74) is 8.16. The molecule has 1 aromatic rings. The Morgan fingerprint density at radius 3 is 2.15 bits per heavy atom. The van der Waals surface area contributed by atoms with Crippen molar-refractivity contribution in [2.24, 2.45) is 0 Å². The number of rotatable bonds is 3. The normalized spacial score (nSPS) is 10.5. The van der Waals surface area contributed by atoms with Crippen LogP contribution in [0.4, 0.5) is 0 Å². The van der Waals surface area contributed by atoms with Crippen LogP contribution in [-0.2, 0) is 11.4 Å². The fourth-order valence-electron chi connectivity index (χ4n) is 1.38. The second-order valence-electron chi connectivity index (χ2n) is 3.38. The highest BCUT2D eigenvalue weighted by Gasteiger charge is 2.00. The van der Waals surface area contributed by atoms with Gasteiger partial charge in [-0.15, -0.1) is 0 Å². The Kier molecular flexibility index (Phi) is 3.46. The lowest BCUT2D eigenvalue weighted by molar-refractivity contribution is 0.0867. The third kappa shape index (κ3) is 2.54. The molecule has 0 saturated carbocycles. The van der Waals surface area contributed by atoms with Gasteiger partial charge in [0.05, 0.1) is 7.11 Å². The smallest absolute Gasteiger partial charge is 0.0572 e. The molecule has 0 fully saturated rings. The predicted octanol–water partition coefficient (Wildman–Crippen LogP) is 2.26. The summed E-state index contributed by atoms with van der Waals surface area (Å²) in [6.07, 6.45) is 0. The van der Waals surface area contributed by atoms with Crippen molar-refractivity contribution in [3.05, 3.63) is 34.4 Å². The van der Waals surface area contributed by atoms with Crippen LogP contribution in [0, 0.1) is 20.8 Å². The van der Waals surface area contributed by atoms with Gasteiger partial charge in [0, 0.05) is 6.54 Å². The van der Waals surface area contributed by atoms with E-state index in [0.717, 1.165) is 6.54 Å². The van der Waals surface area contributed by atoms with E-state index in [1.165, 1.54) is 22.3 Å². The van der Waals surface area contributed by atoms with Gasteiger partial charge in [0.2, 0.25) is 0 Å². The maximum atomic E-state index is 4.81. The van der Waals surface area contributed by atoms with E-state index in [1.54, 1.807) is 7.11 Å². The average molecular weight is 179 g/mol. The lowest BCUT2D eigenvalue weighted by atomic mass is 10.0. The third-order valence-electron chi connectivity index (χ3n) is 2.41. The van der Waals surface area contributed by atoms with Crippen LogP contribution < -0.4 is 5.48 Å². The quantitative estimate of drug-likeness (QED) is 0.719. The molecule has 0 spiro atoms. The number of hydrogen-bond acceptors (Lipinski definition) is 2. The summed E-state index contributed by atoms with van der Waals surface area (Å²) in [7, 11) is 1.63. The van der Waals surface area contributed by atoms with E-state index in [9.17, 15) is 0 Å². The van der Waals surface area contributed by atoms with Crippen molar-refractivity contribution in [1.82, 2.24) is 5.48 Å². The van der Waals surface area contributed by atoms with E-state index in [1.807, 2.05) is 0 Å². The molecule has 0 amide bonds. The molecule has 0 aliphatic carbocycles. The summed E-state index contributed by atoms with van der Waals surface area (Å²) in [6.45, 7) is 7.19. The molecule has 1 rings (SSSR count). The SMILES string of the molecule is CONCc1cc(C)c(C)c(C)c1. The van der Waals surface area contributed by atoms with Gasteiger partial charge in [-0.2, -0.15) is 5.48 Å². The van der Waals surface area contributed by atoms with Crippen LogP contribution in [0.2, 0.25) is 0 Å². The Labute approximate surface area is 79.9 Å². The van der Waals surface area contributed by atoms with Gasteiger partial charge in [0.1, 0.15) is 0 Å². The van der Waals surface area contributed by atoms with Crippen LogP contribution in [0.1, 0.15) is 22.3 Å². The molecule has 72 valence electrons. The fraction of sp³-hybridized carbons (Fsp3) is 0.455. The Morgan fingerprint density at radius 2 is 1.69 bits per heavy atom. The molecule has 0 radical (unpaired) electrons. The summed E-state index contributed by atoms with van der Waals surface area (Å²) >= 11 is 0. The maximum absolute atomic E-state index is 4.81. The first-order valence-corrected chi connectivity index (χ1v) is 4.47. The zero-order valence-corrected chi connectivity index (χ0v) is 8.77. The second-order valence-corrected chi connectivity index (χ2v) is 3.38. The number of nitrogens with one attached hydrogen (secondary N) is 1. The van der Waals surface area contributed by atoms with Gasteiger partial charge in [-0.05, 0) is 43.0 Å². The predicted molar refractivity (Wildman–Crippen MR) is 54.5 cm³/mol. The van der Waals surface area contributed by atoms with Crippen molar-refractivity contribution in [3.8, 4) is 0 Å². The van der Waals surface area contributed by atoms with Crippen molar-refractivity contribution in [1.29, 1.82) is 0 Å². The summed E-state index contributed by atoms with van der Waals surface area (Å²) < 4.78 is 0. The fourth-order valence-corrected chi connectivity index (χ4v) is 1.38. The Morgan fingerprint density at radius 1 is 1.15 bits per heavy atom. The minimum absolute atomic E-state index is 0.762. The first-order chi connectivity index (χ1) is 6.15. The molecule has 0 aromatic heterocycles. The molecule has 0 bridgehead atoms. The molecule has 0 unspecified atom stereocenters. The zero-order chi connectivity index (χ0) is 9.84. The molecular formula is C11H17NO. The molecule has 1 aromatic carbocycles. The van der Waals surface area contributed by atoms with E-state index in [2.05, 4.69) is 38.4 Å². The van der Waals surface area contributed by atoms with E-state index in [-0.39, 0.29) is 0 Å². The molecule has 0 atom stereocenters. The number of aryl methyl sites for hydroxylation is 2. The van der Waals surface area contributed by atoms with Crippen LogP contribution >= 0.6 is 0 Å². The minimum atomic E-state index is 0.762. The van der Waals surface area contributed by atoms with Crippen molar-refractivity contribution in [2.45, 2.75) is 27.3 Å². The largest absolute Gasteiger partial charge is 0.305 e. The molecule has 13 heavy (non-hydrogen) atoms. The summed E-state index contributed by atoms with van der Waals surface area (Å²) in [4.78, 5) is 4.81. The van der Waals surface area contributed by atoms with Crippen molar-refractivity contribution in [3.63, 3.8) is 0 Å². The molecule has 1 N–H and O–H groups in total. The maximum Gasteiger partial charge on any atom is 0.0572 e. The second kappa shape index (κ2) is 4.40. The molecule has 2 heteroatoms. The Bertz CT molecular complexity index is 271. The molecule has 2 nitrogen and oxygen atoms in total. The molecule has 0 aliphatic rings. The first-order valence-electron chi connectivity index (χ1n) is 4.47. The van der Waals surface area contributed by atoms with Gasteiger partial charge in [0.15, 0.2) is 0 Å².